The molecule has 0 aliphatic heterocycles. The Labute approximate surface area is 82.0 Å². The second kappa shape index (κ2) is 3.49. The van der Waals surface area contributed by atoms with Crippen molar-refractivity contribution in [3.05, 3.63) is 29.6 Å². The van der Waals surface area contributed by atoms with Crippen molar-refractivity contribution in [3.8, 4) is 0 Å². The van der Waals surface area contributed by atoms with Gasteiger partial charge in [-0.2, -0.15) is 0 Å². The van der Waals surface area contributed by atoms with Gasteiger partial charge in [-0.1, -0.05) is 0 Å². The van der Waals surface area contributed by atoms with Crippen LogP contribution in [0.15, 0.2) is 23.1 Å². The van der Waals surface area contributed by atoms with Crippen molar-refractivity contribution in [2.24, 2.45) is 0 Å². The van der Waals surface area contributed by atoms with Crippen LogP contribution in [-0.4, -0.2) is 20.4 Å². The summed E-state index contributed by atoms with van der Waals surface area (Å²) in [5.74, 6) is -0.543. The molecule has 0 bridgehead atoms. The van der Waals surface area contributed by atoms with E-state index in [0.717, 1.165) is 18.4 Å². The molecule has 14 heavy (non-hydrogen) atoms. The highest BCUT2D eigenvalue weighted by Crippen LogP contribution is 2.17. The third-order valence-corrected chi connectivity index (χ3v) is 2.90. The van der Waals surface area contributed by atoms with E-state index in [-0.39, 0.29) is 16.2 Å². The molecule has 1 N–H and O–H groups in total. The van der Waals surface area contributed by atoms with Gasteiger partial charge >= 0.3 is 0 Å². The van der Waals surface area contributed by atoms with Crippen molar-refractivity contribution in [2.45, 2.75) is 11.8 Å². The fourth-order valence-corrected chi connectivity index (χ4v) is 2.05. The van der Waals surface area contributed by atoms with Crippen LogP contribution < -0.4 is 0 Å². The summed E-state index contributed by atoms with van der Waals surface area (Å²) in [6.45, 7) is 1.42. The maximum atomic E-state index is 12.8. The van der Waals surface area contributed by atoms with Gasteiger partial charge in [-0.25, -0.2) is 12.8 Å². The van der Waals surface area contributed by atoms with E-state index in [0.29, 0.717) is 0 Å². The van der Waals surface area contributed by atoms with Crippen LogP contribution in [0, 0.1) is 11.2 Å². The molecule has 0 saturated heterocycles. The SMILES string of the molecule is CC(=N)c1cc(F)ccc1S(C)(=O)=O. The predicted molar refractivity (Wildman–Crippen MR) is 52.0 cm³/mol. The summed E-state index contributed by atoms with van der Waals surface area (Å²) in [5, 5.41) is 7.32. The van der Waals surface area contributed by atoms with Crippen molar-refractivity contribution >= 4 is 15.5 Å². The molecule has 76 valence electrons. The number of benzene rings is 1. The monoisotopic (exact) mass is 215 g/mol. The van der Waals surface area contributed by atoms with Crippen molar-refractivity contribution in [3.63, 3.8) is 0 Å². The number of rotatable bonds is 2. The van der Waals surface area contributed by atoms with E-state index >= 15 is 0 Å². The van der Waals surface area contributed by atoms with E-state index in [2.05, 4.69) is 0 Å². The molecule has 5 heteroatoms. The Balaban J connectivity index is 3.53. The summed E-state index contributed by atoms with van der Waals surface area (Å²) in [4.78, 5) is -0.00796. The van der Waals surface area contributed by atoms with Crippen LogP contribution in [0.5, 0.6) is 0 Å². The van der Waals surface area contributed by atoms with Gasteiger partial charge in [-0.3, -0.25) is 0 Å². The minimum absolute atomic E-state index is 0.00796. The molecule has 0 unspecified atom stereocenters. The fraction of sp³-hybridized carbons (Fsp3) is 0.222. The third kappa shape index (κ3) is 2.17. The summed E-state index contributed by atoms with van der Waals surface area (Å²) >= 11 is 0. The van der Waals surface area contributed by atoms with Crippen LogP contribution >= 0.6 is 0 Å². The van der Waals surface area contributed by atoms with E-state index in [4.69, 9.17) is 5.41 Å². The largest absolute Gasteiger partial charge is 0.305 e. The molecule has 0 radical (unpaired) electrons. The molecule has 1 aromatic carbocycles. The Morgan fingerprint density at radius 3 is 2.43 bits per heavy atom. The van der Waals surface area contributed by atoms with Gasteiger partial charge in [0.1, 0.15) is 5.82 Å². The molecule has 3 nitrogen and oxygen atoms in total. The maximum Gasteiger partial charge on any atom is 0.176 e. The van der Waals surface area contributed by atoms with Gasteiger partial charge in [0.15, 0.2) is 9.84 Å². The topological polar surface area (TPSA) is 58.0 Å². The number of hydrogen-bond donors (Lipinski definition) is 1. The standard InChI is InChI=1S/C9H10FNO2S/c1-6(11)8-5-7(10)3-4-9(8)14(2,12)13/h3-5,11H,1-2H3. The first-order valence-electron chi connectivity index (χ1n) is 3.87. The normalized spacial score (nSPS) is 11.4. The lowest BCUT2D eigenvalue weighted by molar-refractivity contribution is 0.600. The Morgan fingerprint density at radius 1 is 1.43 bits per heavy atom. The molecule has 0 aliphatic carbocycles. The first-order chi connectivity index (χ1) is 6.32. The fourth-order valence-electron chi connectivity index (χ4n) is 1.12. The average molecular weight is 215 g/mol. The number of sulfone groups is 1. The smallest absolute Gasteiger partial charge is 0.176 e. The lowest BCUT2D eigenvalue weighted by Gasteiger charge is -2.05. The molecule has 1 rings (SSSR count). The maximum absolute atomic E-state index is 12.8. The molecule has 0 aromatic heterocycles. The predicted octanol–water partition coefficient (Wildman–Crippen LogP) is 1.62. The zero-order valence-electron chi connectivity index (χ0n) is 7.83. The highest BCUT2D eigenvalue weighted by molar-refractivity contribution is 7.90. The minimum atomic E-state index is -3.40. The van der Waals surface area contributed by atoms with Crippen LogP contribution in [0.25, 0.3) is 0 Å². The zero-order valence-corrected chi connectivity index (χ0v) is 8.65. The van der Waals surface area contributed by atoms with E-state index in [1.165, 1.54) is 13.0 Å². The molecule has 1 aromatic rings. The van der Waals surface area contributed by atoms with E-state index in [1.807, 2.05) is 0 Å². The molecule has 0 aliphatic rings. The summed E-state index contributed by atoms with van der Waals surface area (Å²) in [6, 6.07) is 3.31. The van der Waals surface area contributed by atoms with Gasteiger partial charge in [0.05, 0.1) is 4.90 Å². The Kier molecular flexibility index (Phi) is 2.71. The quantitative estimate of drug-likeness (QED) is 0.602. The Hall–Kier alpha value is -1.23. The molecular formula is C9H10FNO2S. The minimum Gasteiger partial charge on any atom is -0.305 e. The van der Waals surface area contributed by atoms with E-state index in [1.54, 1.807) is 0 Å². The molecule has 0 atom stereocenters. The van der Waals surface area contributed by atoms with Crippen LogP contribution in [0.3, 0.4) is 0 Å². The van der Waals surface area contributed by atoms with Gasteiger partial charge in [0, 0.05) is 17.5 Å². The average Bonchev–Trinajstić information content (AvgIpc) is 2.01. The Bertz CT molecular complexity index is 480. The highest BCUT2D eigenvalue weighted by atomic mass is 32.2. The third-order valence-electron chi connectivity index (χ3n) is 1.75. The van der Waals surface area contributed by atoms with Gasteiger partial charge in [-0.15, -0.1) is 0 Å². The molecular weight excluding hydrogens is 205 g/mol. The summed E-state index contributed by atoms with van der Waals surface area (Å²) in [7, 11) is -3.40. The van der Waals surface area contributed by atoms with Crippen LogP contribution in [0.1, 0.15) is 12.5 Å². The van der Waals surface area contributed by atoms with E-state index < -0.39 is 15.7 Å². The van der Waals surface area contributed by atoms with Gasteiger partial charge < -0.3 is 5.41 Å². The summed E-state index contributed by atoms with van der Waals surface area (Å²) in [5.41, 5.74) is 0.150. The van der Waals surface area contributed by atoms with Gasteiger partial charge in [0.2, 0.25) is 0 Å². The second-order valence-electron chi connectivity index (χ2n) is 3.04. The van der Waals surface area contributed by atoms with Crippen molar-refractivity contribution in [1.82, 2.24) is 0 Å². The second-order valence-corrected chi connectivity index (χ2v) is 5.02. The zero-order chi connectivity index (χ0) is 10.9. The lowest BCUT2D eigenvalue weighted by atomic mass is 10.1. The van der Waals surface area contributed by atoms with E-state index in [9.17, 15) is 12.8 Å². The molecule has 0 fully saturated rings. The van der Waals surface area contributed by atoms with Gasteiger partial charge in [0.25, 0.3) is 0 Å². The van der Waals surface area contributed by atoms with Crippen LogP contribution in [0.4, 0.5) is 4.39 Å². The van der Waals surface area contributed by atoms with Gasteiger partial charge in [-0.05, 0) is 25.1 Å². The summed E-state index contributed by atoms with van der Waals surface area (Å²) < 4.78 is 35.3. The molecule has 0 amide bonds. The number of halogens is 1. The van der Waals surface area contributed by atoms with Crippen molar-refractivity contribution < 1.29 is 12.8 Å². The Morgan fingerprint density at radius 2 is 2.00 bits per heavy atom. The van der Waals surface area contributed by atoms with Crippen LogP contribution in [0.2, 0.25) is 0 Å². The molecule has 0 heterocycles. The van der Waals surface area contributed by atoms with Crippen molar-refractivity contribution in [2.75, 3.05) is 6.26 Å². The number of hydrogen-bond acceptors (Lipinski definition) is 3. The van der Waals surface area contributed by atoms with Crippen LogP contribution in [-0.2, 0) is 9.84 Å². The van der Waals surface area contributed by atoms with Crippen molar-refractivity contribution in [1.29, 1.82) is 5.41 Å². The summed E-state index contributed by atoms with van der Waals surface area (Å²) in [6.07, 6.45) is 1.03. The first-order valence-corrected chi connectivity index (χ1v) is 5.76. The first kappa shape index (κ1) is 10.8. The highest BCUT2D eigenvalue weighted by Gasteiger charge is 2.14. The number of nitrogens with one attached hydrogen (secondary N) is 1. The lowest BCUT2D eigenvalue weighted by Crippen LogP contribution is -2.06. The molecule has 0 spiro atoms. The molecule has 0 saturated carbocycles.